The van der Waals surface area contributed by atoms with Crippen molar-refractivity contribution in [2.75, 3.05) is 32.1 Å². The number of aliphatic imine (C=N–C) groups is 1. The van der Waals surface area contributed by atoms with Crippen molar-refractivity contribution in [1.82, 2.24) is 0 Å². The molecule has 0 unspecified atom stereocenters. The van der Waals surface area contributed by atoms with Crippen LogP contribution in [0.1, 0.15) is 0 Å². The summed E-state index contributed by atoms with van der Waals surface area (Å²) in [7, 11) is 0. The molecule has 0 saturated carbocycles. The highest BCUT2D eigenvalue weighted by Crippen LogP contribution is 2.36. The lowest BCUT2D eigenvalue weighted by molar-refractivity contribution is -0.383. The SMILES string of the molecule is OC[C@H]1O[C@@](CO)(O[C@H]2O[C@H](COC3=NCCS3)[C@@H](O)[C@H](O)[C@H]2O)[C@@H](O)[C@@H]1O. The first-order chi connectivity index (χ1) is 13.3. The molecule has 2 fully saturated rings. The summed E-state index contributed by atoms with van der Waals surface area (Å²) in [5, 5.41) is 69.9. The summed E-state index contributed by atoms with van der Waals surface area (Å²) < 4.78 is 21.5. The van der Waals surface area contributed by atoms with E-state index >= 15 is 0 Å². The van der Waals surface area contributed by atoms with Crippen molar-refractivity contribution < 1.29 is 54.7 Å². The van der Waals surface area contributed by atoms with Crippen LogP contribution in [-0.2, 0) is 18.9 Å². The van der Waals surface area contributed by atoms with Gasteiger partial charge in [-0.25, -0.2) is 4.99 Å². The van der Waals surface area contributed by atoms with Crippen LogP contribution < -0.4 is 0 Å². The Bertz CT molecular complexity index is 568. The number of hydrogen-bond donors (Lipinski definition) is 7. The Labute approximate surface area is 164 Å². The van der Waals surface area contributed by atoms with E-state index in [1.807, 2.05) is 0 Å². The van der Waals surface area contributed by atoms with E-state index in [0.717, 1.165) is 5.75 Å². The number of aliphatic hydroxyl groups excluding tert-OH is 7. The maximum absolute atomic E-state index is 10.2. The lowest BCUT2D eigenvalue weighted by atomic mass is 9.99. The fourth-order valence-corrected chi connectivity index (χ4v) is 3.87. The van der Waals surface area contributed by atoms with E-state index in [4.69, 9.17) is 18.9 Å². The maximum Gasteiger partial charge on any atom is 0.245 e. The largest absolute Gasteiger partial charge is 0.470 e. The molecule has 3 aliphatic heterocycles. The summed E-state index contributed by atoms with van der Waals surface area (Å²) in [6.07, 6.45) is -12.3. The second kappa shape index (κ2) is 9.06. The normalized spacial score (nSPS) is 46.6. The van der Waals surface area contributed by atoms with Gasteiger partial charge in [-0.2, -0.15) is 0 Å². The Morgan fingerprint density at radius 3 is 2.36 bits per heavy atom. The number of nitrogens with zero attached hydrogens (tertiary/aromatic N) is 1. The molecule has 3 heterocycles. The summed E-state index contributed by atoms with van der Waals surface area (Å²) in [5.74, 6) is -1.45. The molecule has 0 aliphatic carbocycles. The second-order valence-corrected chi connectivity index (χ2v) is 7.73. The molecule has 0 aromatic rings. The fraction of sp³-hybridized carbons (Fsp3) is 0.933. The van der Waals surface area contributed by atoms with Gasteiger partial charge in [0.05, 0.1) is 13.2 Å². The molecule has 3 rings (SSSR count). The first kappa shape index (κ1) is 22.1. The highest BCUT2D eigenvalue weighted by Gasteiger charge is 2.58. The molecule has 0 amide bonds. The van der Waals surface area contributed by atoms with Crippen molar-refractivity contribution in [2.24, 2.45) is 4.99 Å². The minimum atomic E-state index is -2.21. The molecule has 0 spiro atoms. The molecular weight excluding hydrogens is 402 g/mol. The molecule has 162 valence electrons. The summed E-state index contributed by atoms with van der Waals surface area (Å²) >= 11 is 1.38. The Hall–Kier alpha value is -0.580. The summed E-state index contributed by atoms with van der Waals surface area (Å²) in [6.45, 7) is -1.20. The molecule has 2 saturated heterocycles. The lowest BCUT2D eigenvalue weighted by Crippen LogP contribution is -2.62. The van der Waals surface area contributed by atoms with E-state index < -0.39 is 68.0 Å². The van der Waals surface area contributed by atoms with Gasteiger partial charge in [-0.05, 0) is 0 Å². The standard InChI is InChI=1S/C15H25NO11S/c17-3-6-9(20)12(23)15(5-18,26-6)27-13-11(22)10(21)8(19)7(25-13)4-24-14-16-1-2-28-14/h6-13,17-23H,1-5H2/t6-,7-,8-,9-,10+,11-,12+,13-,15+/m1/s1. The molecule has 7 N–H and O–H groups in total. The molecule has 0 aromatic heterocycles. The number of rotatable bonds is 6. The molecular formula is C15H25NO11S. The van der Waals surface area contributed by atoms with Gasteiger partial charge in [-0.15, -0.1) is 0 Å². The second-order valence-electron chi connectivity index (χ2n) is 6.68. The van der Waals surface area contributed by atoms with Gasteiger partial charge in [-0.3, -0.25) is 0 Å². The van der Waals surface area contributed by atoms with Crippen LogP contribution in [0.2, 0.25) is 0 Å². The zero-order valence-corrected chi connectivity index (χ0v) is 15.6. The fourth-order valence-electron chi connectivity index (χ4n) is 3.17. The van der Waals surface area contributed by atoms with E-state index in [1.165, 1.54) is 11.8 Å². The van der Waals surface area contributed by atoms with Crippen LogP contribution in [0.4, 0.5) is 0 Å². The smallest absolute Gasteiger partial charge is 0.245 e. The van der Waals surface area contributed by atoms with Crippen molar-refractivity contribution >= 4 is 17.0 Å². The van der Waals surface area contributed by atoms with Gasteiger partial charge in [0.25, 0.3) is 0 Å². The molecule has 0 radical (unpaired) electrons. The Morgan fingerprint density at radius 1 is 1.04 bits per heavy atom. The van der Waals surface area contributed by atoms with Crippen molar-refractivity contribution in [3.63, 3.8) is 0 Å². The quantitative estimate of drug-likeness (QED) is 0.216. The number of aliphatic hydroxyl groups is 7. The molecule has 3 aliphatic rings. The lowest BCUT2D eigenvalue weighted by Gasteiger charge is -2.43. The number of hydrogen-bond acceptors (Lipinski definition) is 13. The van der Waals surface area contributed by atoms with Crippen LogP contribution in [0.3, 0.4) is 0 Å². The first-order valence-corrected chi connectivity index (χ1v) is 9.74. The minimum absolute atomic E-state index is 0.200. The maximum atomic E-state index is 10.2. The zero-order valence-electron chi connectivity index (χ0n) is 14.8. The van der Waals surface area contributed by atoms with E-state index in [9.17, 15) is 35.7 Å². The average Bonchev–Trinajstić information content (AvgIpc) is 3.30. The van der Waals surface area contributed by atoms with Crippen molar-refractivity contribution in [3.05, 3.63) is 0 Å². The van der Waals surface area contributed by atoms with Crippen molar-refractivity contribution in [1.29, 1.82) is 0 Å². The van der Waals surface area contributed by atoms with Crippen LogP contribution in [-0.4, -0.2) is 128 Å². The number of ether oxygens (including phenoxy) is 4. The molecule has 9 atom stereocenters. The third-order valence-corrected chi connectivity index (χ3v) is 5.70. The van der Waals surface area contributed by atoms with Crippen LogP contribution in [0.15, 0.2) is 4.99 Å². The topological polar surface area (TPSA) is 191 Å². The molecule has 0 aromatic carbocycles. The van der Waals surface area contributed by atoms with Crippen LogP contribution in [0.25, 0.3) is 0 Å². The molecule has 12 nitrogen and oxygen atoms in total. The van der Waals surface area contributed by atoms with Crippen LogP contribution in [0.5, 0.6) is 0 Å². The van der Waals surface area contributed by atoms with Gasteiger partial charge >= 0.3 is 0 Å². The summed E-state index contributed by atoms with van der Waals surface area (Å²) in [6, 6.07) is 0. The minimum Gasteiger partial charge on any atom is -0.470 e. The van der Waals surface area contributed by atoms with E-state index in [2.05, 4.69) is 4.99 Å². The monoisotopic (exact) mass is 427 g/mol. The third-order valence-electron chi connectivity index (χ3n) is 4.82. The van der Waals surface area contributed by atoms with Crippen LogP contribution in [0, 0.1) is 0 Å². The van der Waals surface area contributed by atoms with Crippen LogP contribution >= 0.6 is 11.8 Å². The zero-order chi connectivity index (χ0) is 20.5. The summed E-state index contributed by atoms with van der Waals surface area (Å²) in [5.41, 5.74) is 0. The highest BCUT2D eigenvalue weighted by atomic mass is 32.2. The van der Waals surface area contributed by atoms with E-state index in [-0.39, 0.29) is 6.61 Å². The molecule has 28 heavy (non-hydrogen) atoms. The predicted molar refractivity (Wildman–Crippen MR) is 92.3 cm³/mol. The van der Waals surface area contributed by atoms with Crippen molar-refractivity contribution in [3.8, 4) is 0 Å². The highest BCUT2D eigenvalue weighted by molar-refractivity contribution is 8.13. The van der Waals surface area contributed by atoms with Gasteiger partial charge in [0, 0.05) is 5.75 Å². The van der Waals surface area contributed by atoms with E-state index in [0.29, 0.717) is 11.8 Å². The molecule has 0 bridgehead atoms. The van der Waals surface area contributed by atoms with Crippen molar-refractivity contribution in [2.45, 2.75) is 54.8 Å². The summed E-state index contributed by atoms with van der Waals surface area (Å²) in [4.78, 5) is 4.08. The Kier molecular flexibility index (Phi) is 7.15. The van der Waals surface area contributed by atoms with Gasteiger partial charge in [0.1, 0.15) is 55.9 Å². The van der Waals surface area contributed by atoms with Gasteiger partial charge in [0.2, 0.25) is 11.0 Å². The Balaban J connectivity index is 1.70. The number of thioether (sulfide) groups is 1. The Morgan fingerprint density at radius 2 is 1.79 bits per heavy atom. The van der Waals surface area contributed by atoms with E-state index in [1.54, 1.807) is 0 Å². The first-order valence-electron chi connectivity index (χ1n) is 8.76. The van der Waals surface area contributed by atoms with Gasteiger partial charge in [-0.1, -0.05) is 11.8 Å². The molecule has 13 heteroatoms. The third kappa shape index (κ3) is 4.15. The predicted octanol–water partition coefficient (Wildman–Crippen LogP) is -4.27. The average molecular weight is 427 g/mol. The van der Waals surface area contributed by atoms with Gasteiger partial charge < -0.3 is 54.7 Å². The van der Waals surface area contributed by atoms with Gasteiger partial charge in [0.15, 0.2) is 6.29 Å².